The molecule has 3 nitrogen and oxygen atoms in total. The van der Waals surface area contributed by atoms with Gasteiger partial charge in [0.15, 0.2) is 0 Å². The first-order valence-corrected chi connectivity index (χ1v) is 3.17. The molecule has 3 heteroatoms. The third-order valence-corrected chi connectivity index (χ3v) is 1.34. The summed E-state index contributed by atoms with van der Waals surface area (Å²) in [6.07, 6.45) is 6.68. The summed E-state index contributed by atoms with van der Waals surface area (Å²) in [4.78, 5) is 10.0. The van der Waals surface area contributed by atoms with E-state index in [9.17, 15) is 4.79 Å². The van der Waals surface area contributed by atoms with E-state index in [0.29, 0.717) is 5.57 Å². The zero-order valence-corrected chi connectivity index (χ0v) is 5.77. The van der Waals surface area contributed by atoms with Gasteiger partial charge in [-0.15, -0.1) is 0 Å². The second kappa shape index (κ2) is 3.16. The molecule has 0 aromatic heterocycles. The zero-order valence-electron chi connectivity index (χ0n) is 5.77. The fraction of sp³-hybridized carbons (Fsp3) is 0.125. The molecule has 0 aromatic rings. The van der Waals surface area contributed by atoms with Gasteiger partial charge in [-0.3, -0.25) is 0 Å². The van der Waals surface area contributed by atoms with Crippen LogP contribution in [0.1, 0.15) is 0 Å². The summed E-state index contributed by atoms with van der Waals surface area (Å²) in [7, 11) is 0. The average molecular weight is 152 g/mol. The van der Waals surface area contributed by atoms with Gasteiger partial charge in [-0.1, -0.05) is 18.2 Å². The smallest absolute Gasteiger partial charge is 0.328 e. The largest absolute Gasteiger partial charge is 0.478 e. The van der Waals surface area contributed by atoms with E-state index in [0.717, 1.165) is 6.08 Å². The Morgan fingerprint density at radius 2 is 2.36 bits per heavy atom. The summed E-state index contributed by atoms with van der Waals surface area (Å²) in [5, 5.41) is 17.3. The summed E-state index contributed by atoms with van der Waals surface area (Å²) >= 11 is 0. The Hall–Kier alpha value is -1.35. The van der Waals surface area contributed by atoms with Crippen molar-refractivity contribution in [3.8, 4) is 0 Å². The minimum atomic E-state index is -1.01. The average Bonchev–Trinajstić information content (AvgIpc) is 2.31. The molecule has 0 heterocycles. The van der Waals surface area contributed by atoms with Crippen LogP contribution in [0.5, 0.6) is 0 Å². The van der Waals surface area contributed by atoms with Gasteiger partial charge in [0, 0.05) is 6.08 Å². The molecule has 0 aliphatic heterocycles. The highest BCUT2D eigenvalue weighted by Gasteiger charge is 2.07. The normalized spacial score (nSPS) is 22.6. The molecule has 1 aliphatic carbocycles. The molecule has 1 rings (SSSR count). The number of carboxylic acid groups (broad SMARTS) is 1. The SMILES string of the molecule is O=C(O)/C=C/C1=CC=CC1O. The summed E-state index contributed by atoms with van der Waals surface area (Å²) in [5.41, 5.74) is 0.604. The Bertz CT molecular complexity index is 248. The van der Waals surface area contributed by atoms with Crippen LogP contribution < -0.4 is 0 Å². The Morgan fingerprint density at radius 3 is 2.82 bits per heavy atom. The lowest BCUT2D eigenvalue weighted by Crippen LogP contribution is -2.01. The first-order chi connectivity index (χ1) is 5.20. The van der Waals surface area contributed by atoms with Gasteiger partial charge in [0.2, 0.25) is 0 Å². The van der Waals surface area contributed by atoms with E-state index >= 15 is 0 Å². The predicted molar refractivity (Wildman–Crippen MR) is 40.0 cm³/mol. The van der Waals surface area contributed by atoms with Gasteiger partial charge in [-0.2, -0.15) is 0 Å². The van der Waals surface area contributed by atoms with Gasteiger partial charge >= 0.3 is 5.97 Å². The molecule has 1 unspecified atom stereocenters. The first-order valence-electron chi connectivity index (χ1n) is 3.17. The van der Waals surface area contributed by atoms with E-state index in [2.05, 4.69) is 0 Å². The van der Waals surface area contributed by atoms with Crippen molar-refractivity contribution in [1.29, 1.82) is 0 Å². The molecule has 2 N–H and O–H groups in total. The van der Waals surface area contributed by atoms with Gasteiger partial charge < -0.3 is 10.2 Å². The van der Waals surface area contributed by atoms with Crippen LogP contribution in [0.25, 0.3) is 0 Å². The van der Waals surface area contributed by atoms with Gasteiger partial charge in [-0.05, 0) is 11.6 Å². The summed E-state index contributed by atoms with van der Waals surface area (Å²) in [6, 6.07) is 0. The Kier molecular flexibility index (Phi) is 2.23. The monoisotopic (exact) mass is 152 g/mol. The molecule has 0 radical (unpaired) electrons. The molecule has 0 saturated heterocycles. The van der Waals surface area contributed by atoms with E-state index in [1.807, 2.05) is 0 Å². The maximum Gasteiger partial charge on any atom is 0.328 e. The van der Waals surface area contributed by atoms with Crippen LogP contribution in [0, 0.1) is 0 Å². The molecule has 0 bridgehead atoms. The molecule has 0 fully saturated rings. The summed E-state index contributed by atoms with van der Waals surface area (Å²) < 4.78 is 0. The van der Waals surface area contributed by atoms with Crippen molar-refractivity contribution < 1.29 is 15.0 Å². The number of carbonyl (C=O) groups is 1. The molecule has 0 aromatic carbocycles. The minimum absolute atomic E-state index is 0.604. The maximum atomic E-state index is 10.0. The van der Waals surface area contributed by atoms with Crippen LogP contribution in [0.2, 0.25) is 0 Å². The fourth-order valence-corrected chi connectivity index (χ4v) is 0.803. The molecule has 11 heavy (non-hydrogen) atoms. The lowest BCUT2D eigenvalue weighted by Gasteiger charge is -1.98. The molecular weight excluding hydrogens is 144 g/mol. The van der Waals surface area contributed by atoms with Crippen LogP contribution in [0.4, 0.5) is 0 Å². The Labute approximate surface area is 64.0 Å². The van der Waals surface area contributed by atoms with Gasteiger partial charge in [-0.25, -0.2) is 4.79 Å². The predicted octanol–water partition coefficient (Wildman–Crippen LogP) is 0.484. The van der Waals surface area contributed by atoms with Crippen LogP contribution in [0.3, 0.4) is 0 Å². The molecular formula is C8H8O3. The number of carboxylic acids is 1. The van der Waals surface area contributed by atoms with Crippen molar-refractivity contribution in [2.45, 2.75) is 6.10 Å². The minimum Gasteiger partial charge on any atom is -0.478 e. The number of aliphatic carboxylic acids is 1. The lowest BCUT2D eigenvalue weighted by atomic mass is 10.2. The fourth-order valence-electron chi connectivity index (χ4n) is 0.803. The first kappa shape index (κ1) is 7.75. The maximum absolute atomic E-state index is 10.0. The van der Waals surface area contributed by atoms with Crippen molar-refractivity contribution in [3.05, 3.63) is 36.0 Å². The van der Waals surface area contributed by atoms with Crippen LogP contribution in [-0.4, -0.2) is 22.3 Å². The van der Waals surface area contributed by atoms with E-state index in [4.69, 9.17) is 10.2 Å². The molecule has 58 valence electrons. The topological polar surface area (TPSA) is 57.5 Å². The molecule has 1 aliphatic rings. The van der Waals surface area contributed by atoms with E-state index in [1.54, 1.807) is 18.2 Å². The summed E-state index contributed by atoms with van der Waals surface area (Å²) in [6.45, 7) is 0. The van der Waals surface area contributed by atoms with Crippen molar-refractivity contribution >= 4 is 5.97 Å². The van der Waals surface area contributed by atoms with Crippen LogP contribution in [0.15, 0.2) is 36.0 Å². The second-order valence-electron chi connectivity index (χ2n) is 2.17. The third-order valence-electron chi connectivity index (χ3n) is 1.34. The van der Waals surface area contributed by atoms with Crippen LogP contribution in [-0.2, 0) is 4.79 Å². The van der Waals surface area contributed by atoms with Gasteiger partial charge in [0.1, 0.15) is 0 Å². The van der Waals surface area contributed by atoms with E-state index in [-0.39, 0.29) is 0 Å². The molecule has 0 saturated carbocycles. The zero-order chi connectivity index (χ0) is 8.27. The number of aliphatic hydroxyl groups excluding tert-OH is 1. The molecule has 0 spiro atoms. The highest BCUT2D eigenvalue weighted by atomic mass is 16.4. The summed E-state index contributed by atoms with van der Waals surface area (Å²) in [5.74, 6) is -1.01. The van der Waals surface area contributed by atoms with E-state index < -0.39 is 12.1 Å². The number of rotatable bonds is 2. The van der Waals surface area contributed by atoms with Crippen molar-refractivity contribution in [3.63, 3.8) is 0 Å². The van der Waals surface area contributed by atoms with E-state index in [1.165, 1.54) is 6.08 Å². The Balaban J connectivity index is 2.58. The standard InChI is InChI=1S/C8H8O3/c9-7-3-1-2-6(7)4-5-8(10)11/h1-5,7,9H,(H,10,11)/b5-4+. The number of aliphatic hydroxyl groups is 1. The lowest BCUT2D eigenvalue weighted by molar-refractivity contribution is -0.131. The van der Waals surface area contributed by atoms with Gasteiger partial charge in [0.05, 0.1) is 6.10 Å². The molecule has 0 amide bonds. The van der Waals surface area contributed by atoms with Crippen LogP contribution >= 0.6 is 0 Å². The highest BCUT2D eigenvalue weighted by molar-refractivity contribution is 5.80. The third kappa shape index (κ3) is 2.05. The molecule has 1 atom stereocenters. The van der Waals surface area contributed by atoms with Gasteiger partial charge in [0.25, 0.3) is 0 Å². The Morgan fingerprint density at radius 1 is 1.64 bits per heavy atom. The highest BCUT2D eigenvalue weighted by Crippen LogP contribution is 2.12. The second-order valence-corrected chi connectivity index (χ2v) is 2.17. The van der Waals surface area contributed by atoms with Crippen molar-refractivity contribution in [2.75, 3.05) is 0 Å². The van der Waals surface area contributed by atoms with Crippen molar-refractivity contribution in [1.82, 2.24) is 0 Å². The number of hydrogen-bond donors (Lipinski definition) is 2. The van der Waals surface area contributed by atoms with Crippen molar-refractivity contribution in [2.24, 2.45) is 0 Å². The number of allylic oxidation sites excluding steroid dienone is 2. The number of hydrogen-bond acceptors (Lipinski definition) is 2. The quantitative estimate of drug-likeness (QED) is 0.566.